The highest BCUT2D eigenvalue weighted by Gasteiger charge is 2.31. The van der Waals surface area contributed by atoms with E-state index in [1.165, 1.54) is 0 Å². The minimum absolute atomic E-state index is 0.157. The van der Waals surface area contributed by atoms with E-state index in [0.29, 0.717) is 31.7 Å². The third kappa shape index (κ3) is 5.02. The lowest BCUT2D eigenvalue weighted by Gasteiger charge is -2.30. The largest absolute Gasteiger partial charge is 0.444 e. The molecule has 9 nitrogen and oxygen atoms in total. The molecule has 28 heavy (non-hydrogen) atoms. The second-order valence-corrected chi connectivity index (χ2v) is 8.26. The highest BCUT2D eigenvalue weighted by molar-refractivity contribution is 5.94. The van der Waals surface area contributed by atoms with Crippen LogP contribution in [0.1, 0.15) is 42.5 Å². The highest BCUT2D eigenvalue weighted by atomic mass is 16.6. The van der Waals surface area contributed by atoms with E-state index in [-0.39, 0.29) is 12.0 Å². The minimum atomic E-state index is -0.550. The molecular formula is C19H31N5O4. The third-order valence-electron chi connectivity index (χ3n) is 4.88. The van der Waals surface area contributed by atoms with Crippen molar-refractivity contribution < 1.29 is 19.1 Å². The fourth-order valence-electron chi connectivity index (χ4n) is 3.50. The van der Waals surface area contributed by atoms with Crippen LogP contribution >= 0.6 is 0 Å². The Morgan fingerprint density at radius 2 is 1.93 bits per heavy atom. The molecule has 1 aromatic heterocycles. The van der Waals surface area contributed by atoms with Crippen LogP contribution in [0.4, 0.5) is 4.79 Å². The molecule has 1 fully saturated rings. The van der Waals surface area contributed by atoms with Gasteiger partial charge in [0.05, 0.1) is 25.5 Å². The van der Waals surface area contributed by atoms with Crippen LogP contribution in [0.3, 0.4) is 0 Å². The summed E-state index contributed by atoms with van der Waals surface area (Å²) >= 11 is 0. The maximum atomic E-state index is 12.8. The molecule has 0 aromatic carbocycles. The predicted molar refractivity (Wildman–Crippen MR) is 103 cm³/mol. The van der Waals surface area contributed by atoms with Gasteiger partial charge in [0.1, 0.15) is 11.3 Å². The van der Waals surface area contributed by atoms with Gasteiger partial charge in [-0.1, -0.05) is 0 Å². The molecule has 0 unspecified atom stereocenters. The average Bonchev–Trinajstić information content (AvgIpc) is 2.96. The molecule has 0 spiro atoms. The summed E-state index contributed by atoms with van der Waals surface area (Å²) in [5.74, 6) is -0.157. The van der Waals surface area contributed by atoms with Crippen LogP contribution < -0.4 is 5.32 Å². The van der Waals surface area contributed by atoms with Crippen LogP contribution in [-0.2, 0) is 29.5 Å². The number of aryl methyl sites for hydroxylation is 1. The van der Waals surface area contributed by atoms with Gasteiger partial charge in [0.2, 0.25) is 0 Å². The number of hydrogen-bond acceptors (Lipinski definition) is 6. The zero-order chi connectivity index (χ0) is 20.3. The Morgan fingerprint density at radius 1 is 1.21 bits per heavy atom. The molecule has 0 bridgehead atoms. The van der Waals surface area contributed by atoms with Crippen LogP contribution in [0.5, 0.6) is 0 Å². The van der Waals surface area contributed by atoms with E-state index >= 15 is 0 Å². The van der Waals surface area contributed by atoms with E-state index in [2.05, 4.69) is 15.3 Å². The van der Waals surface area contributed by atoms with Gasteiger partial charge in [0.15, 0.2) is 0 Å². The van der Waals surface area contributed by atoms with E-state index in [4.69, 9.17) is 9.47 Å². The average molecular weight is 393 g/mol. The quantitative estimate of drug-likeness (QED) is 0.813. The maximum Gasteiger partial charge on any atom is 0.410 e. The van der Waals surface area contributed by atoms with Crippen LogP contribution in [0.2, 0.25) is 0 Å². The maximum absolute atomic E-state index is 12.8. The first-order valence-corrected chi connectivity index (χ1v) is 9.85. The number of nitrogens with one attached hydrogen (secondary N) is 1. The normalized spacial score (nSPS) is 17.9. The first-order chi connectivity index (χ1) is 13.2. The van der Waals surface area contributed by atoms with E-state index in [9.17, 15) is 9.59 Å². The van der Waals surface area contributed by atoms with E-state index in [1.54, 1.807) is 16.6 Å². The van der Waals surface area contributed by atoms with Crippen molar-refractivity contribution in [1.29, 1.82) is 0 Å². The molecule has 1 N–H and O–H groups in total. The van der Waals surface area contributed by atoms with Gasteiger partial charge in [-0.15, -0.1) is 0 Å². The highest BCUT2D eigenvalue weighted by Crippen LogP contribution is 2.23. The van der Waals surface area contributed by atoms with Gasteiger partial charge in [-0.05, 0) is 20.8 Å². The van der Waals surface area contributed by atoms with Crippen molar-refractivity contribution in [2.75, 3.05) is 45.9 Å². The lowest BCUT2D eigenvalue weighted by atomic mass is 10.1. The van der Waals surface area contributed by atoms with Crippen molar-refractivity contribution in [2.24, 2.45) is 7.05 Å². The molecule has 0 saturated carbocycles. The smallest absolute Gasteiger partial charge is 0.410 e. The molecule has 3 rings (SSSR count). The van der Waals surface area contributed by atoms with Crippen molar-refractivity contribution in [3.05, 3.63) is 17.0 Å². The Bertz CT molecular complexity index is 719. The summed E-state index contributed by atoms with van der Waals surface area (Å²) in [7, 11) is 1.77. The van der Waals surface area contributed by atoms with E-state index in [1.807, 2.05) is 20.8 Å². The minimum Gasteiger partial charge on any atom is -0.444 e. The molecule has 0 radical (unpaired) electrons. The first kappa shape index (κ1) is 20.6. The Labute approximate surface area is 165 Å². The Morgan fingerprint density at radius 3 is 2.61 bits per heavy atom. The SMILES string of the molecule is Cn1nc2c(c1C(=O)NCCN1CCOCC1)CN(C(=O)OC(C)(C)C)CC2. The number of nitrogens with zero attached hydrogens (tertiary/aromatic N) is 4. The van der Waals surface area contributed by atoms with Crippen LogP contribution in [0.25, 0.3) is 0 Å². The zero-order valence-electron chi connectivity index (χ0n) is 17.3. The van der Waals surface area contributed by atoms with E-state index < -0.39 is 5.60 Å². The molecule has 0 atom stereocenters. The molecule has 3 heterocycles. The monoisotopic (exact) mass is 393 g/mol. The van der Waals surface area contributed by atoms with Crippen molar-refractivity contribution in [2.45, 2.75) is 39.3 Å². The summed E-state index contributed by atoms with van der Waals surface area (Å²) in [6.45, 7) is 11.0. The lowest BCUT2D eigenvalue weighted by Crippen LogP contribution is -2.42. The summed E-state index contributed by atoms with van der Waals surface area (Å²) in [6, 6.07) is 0. The second kappa shape index (κ2) is 8.48. The molecule has 2 aliphatic rings. The van der Waals surface area contributed by atoms with Crippen LogP contribution in [0.15, 0.2) is 0 Å². The zero-order valence-corrected chi connectivity index (χ0v) is 17.3. The van der Waals surface area contributed by atoms with Gasteiger partial charge in [-0.25, -0.2) is 4.79 Å². The number of aromatic nitrogens is 2. The van der Waals surface area contributed by atoms with Gasteiger partial charge in [-0.3, -0.25) is 14.4 Å². The number of hydrogen-bond donors (Lipinski definition) is 1. The van der Waals surface area contributed by atoms with Gasteiger partial charge < -0.3 is 19.7 Å². The summed E-state index contributed by atoms with van der Waals surface area (Å²) < 4.78 is 12.4. The summed E-state index contributed by atoms with van der Waals surface area (Å²) in [5.41, 5.74) is 1.65. The van der Waals surface area contributed by atoms with Crippen molar-refractivity contribution in [3.8, 4) is 0 Å². The van der Waals surface area contributed by atoms with Crippen molar-refractivity contribution in [1.82, 2.24) is 24.9 Å². The van der Waals surface area contributed by atoms with Crippen LogP contribution in [-0.4, -0.2) is 83.1 Å². The summed E-state index contributed by atoms with van der Waals surface area (Å²) in [4.78, 5) is 29.1. The predicted octanol–water partition coefficient (Wildman–Crippen LogP) is 0.775. The number of carbonyl (C=O) groups excluding carboxylic acids is 2. The summed E-state index contributed by atoms with van der Waals surface area (Å²) in [6.07, 6.45) is 0.254. The van der Waals surface area contributed by atoms with Gasteiger partial charge in [-0.2, -0.15) is 5.10 Å². The van der Waals surface area contributed by atoms with Crippen molar-refractivity contribution >= 4 is 12.0 Å². The standard InChI is InChI=1S/C19H31N5O4/c1-19(2,3)28-18(26)24-7-5-15-14(13-24)16(22(4)21-15)17(25)20-6-8-23-9-11-27-12-10-23/h5-13H2,1-4H3,(H,20,25). The molecule has 0 aliphatic carbocycles. The molecule has 2 amide bonds. The Balaban J connectivity index is 1.62. The summed E-state index contributed by atoms with van der Waals surface area (Å²) in [5, 5.41) is 7.48. The first-order valence-electron chi connectivity index (χ1n) is 9.85. The van der Waals surface area contributed by atoms with Crippen LogP contribution in [0, 0.1) is 0 Å². The van der Waals surface area contributed by atoms with Gasteiger partial charge >= 0.3 is 6.09 Å². The molecule has 1 aromatic rings. The number of fused-ring (bicyclic) bond motifs is 1. The number of morpholine rings is 1. The topological polar surface area (TPSA) is 88.9 Å². The fourth-order valence-corrected chi connectivity index (χ4v) is 3.50. The Kier molecular flexibility index (Phi) is 6.24. The second-order valence-electron chi connectivity index (χ2n) is 8.26. The van der Waals surface area contributed by atoms with E-state index in [0.717, 1.165) is 44.1 Å². The lowest BCUT2D eigenvalue weighted by molar-refractivity contribution is 0.0222. The molecule has 1 saturated heterocycles. The molecular weight excluding hydrogens is 362 g/mol. The number of amides is 2. The molecule has 156 valence electrons. The fraction of sp³-hybridized carbons (Fsp3) is 0.737. The molecule has 2 aliphatic heterocycles. The Hall–Kier alpha value is -2.13. The third-order valence-corrected chi connectivity index (χ3v) is 4.88. The number of rotatable bonds is 4. The van der Waals surface area contributed by atoms with Gasteiger partial charge in [0.25, 0.3) is 5.91 Å². The van der Waals surface area contributed by atoms with Crippen molar-refractivity contribution in [3.63, 3.8) is 0 Å². The number of ether oxygens (including phenoxy) is 2. The number of carbonyl (C=O) groups is 2. The molecule has 9 heteroatoms. The van der Waals surface area contributed by atoms with Gasteiger partial charge in [0, 0.05) is 51.8 Å².